The van der Waals surface area contributed by atoms with E-state index in [-0.39, 0.29) is 12.0 Å². The fourth-order valence-corrected chi connectivity index (χ4v) is 1.72. The van der Waals surface area contributed by atoms with Gasteiger partial charge in [0.25, 0.3) is 5.91 Å². The minimum atomic E-state index is -0.0562. The van der Waals surface area contributed by atoms with Crippen molar-refractivity contribution in [3.8, 4) is 5.75 Å². The van der Waals surface area contributed by atoms with Crippen molar-refractivity contribution in [1.82, 2.24) is 4.90 Å². The Kier molecular flexibility index (Phi) is 3.22. The molecule has 0 heterocycles. The van der Waals surface area contributed by atoms with E-state index < -0.39 is 0 Å². The first-order chi connectivity index (χ1) is 8.08. The van der Waals surface area contributed by atoms with Gasteiger partial charge < -0.3 is 15.4 Å². The van der Waals surface area contributed by atoms with Crippen molar-refractivity contribution in [2.24, 2.45) is 0 Å². The van der Waals surface area contributed by atoms with E-state index in [0.717, 1.165) is 12.8 Å². The third kappa shape index (κ3) is 2.52. The van der Waals surface area contributed by atoms with E-state index in [9.17, 15) is 4.79 Å². The van der Waals surface area contributed by atoms with Crippen LogP contribution in [0, 0.1) is 0 Å². The van der Waals surface area contributed by atoms with Crippen molar-refractivity contribution < 1.29 is 9.53 Å². The summed E-state index contributed by atoms with van der Waals surface area (Å²) in [6.45, 7) is 0. The molecule has 2 rings (SSSR count). The lowest BCUT2D eigenvalue weighted by Gasteiger charge is -2.27. The molecule has 0 aliphatic heterocycles. The highest BCUT2D eigenvalue weighted by molar-refractivity contribution is 5.97. The van der Waals surface area contributed by atoms with Crippen molar-refractivity contribution in [2.45, 2.75) is 25.4 Å². The van der Waals surface area contributed by atoms with Gasteiger partial charge in [-0.2, -0.15) is 0 Å². The lowest BCUT2D eigenvalue weighted by Crippen LogP contribution is -2.27. The van der Waals surface area contributed by atoms with Gasteiger partial charge >= 0.3 is 0 Å². The fourth-order valence-electron chi connectivity index (χ4n) is 1.72. The lowest BCUT2D eigenvalue weighted by molar-refractivity contribution is 0.0807. The predicted octanol–water partition coefficient (Wildman–Crippen LogP) is 1.90. The Labute approximate surface area is 101 Å². The highest BCUT2D eigenvalue weighted by atomic mass is 16.5. The number of nitrogens with two attached hydrogens (primary N) is 1. The smallest absolute Gasteiger partial charge is 0.257 e. The van der Waals surface area contributed by atoms with Gasteiger partial charge in [-0.15, -0.1) is 0 Å². The van der Waals surface area contributed by atoms with E-state index in [4.69, 9.17) is 10.5 Å². The largest absolute Gasteiger partial charge is 0.490 e. The summed E-state index contributed by atoms with van der Waals surface area (Å²) in [6, 6.07) is 5.19. The van der Waals surface area contributed by atoms with Gasteiger partial charge in [0, 0.05) is 25.8 Å². The van der Waals surface area contributed by atoms with Crippen LogP contribution in [0.25, 0.3) is 0 Å². The molecule has 0 atom stereocenters. The number of hydrogen-bond acceptors (Lipinski definition) is 3. The van der Waals surface area contributed by atoms with Gasteiger partial charge in [-0.3, -0.25) is 4.79 Å². The molecule has 4 heteroatoms. The molecule has 1 aliphatic rings. The second-order valence-electron chi connectivity index (χ2n) is 4.63. The fraction of sp³-hybridized carbons (Fsp3) is 0.462. The number of nitrogens with zero attached hydrogens (tertiary/aromatic N) is 1. The molecule has 0 saturated heterocycles. The van der Waals surface area contributed by atoms with Crippen LogP contribution in [0.3, 0.4) is 0 Å². The summed E-state index contributed by atoms with van der Waals surface area (Å²) in [5.41, 5.74) is 6.93. The van der Waals surface area contributed by atoms with Crippen molar-refractivity contribution >= 4 is 11.6 Å². The van der Waals surface area contributed by atoms with Gasteiger partial charge in [0.15, 0.2) is 0 Å². The van der Waals surface area contributed by atoms with E-state index in [1.54, 1.807) is 37.2 Å². The average molecular weight is 234 g/mol. The zero-order valence-corrected chi connectivity index (χ0v) is 10.3. The number of ether oxygens (including phenoxy) is 1. The second kappa shape index (κ2) is 4.65. The normalized spacial score (nSPS) is 15.2. The Balaban J connectivity index is 2.26. The van der Waals surface area contributed by atoms with E-state index in [1.165, 1.54) is 6.42 Å². The summed E-state index contributed by atoms with van der Waals surface area (Å²) < 4.78 is 5.81. The Morgan fingerprint density at radius 1 is 1.41 bits per heavy atom. The molecule has 1 aliphatic carbocycles. The van der Waals surface area contributed by atoms with E-state index in [1.807, 2.05) is 0 Å². The number of nitrogen functional groups attached to an aromatic ring is 1. The summed E-state index contributed by atoms with van der Waals surface area (Å²) in [4.78, 5) is 13.5. The topological polar surface area (TPSA) is 55.6 Å². The molecule has 4 nitrogen and oxygen atoms in total. The van der Waals surface area contributed by atoms with Gasteiger partial charge in [0.05, 0.1) is 11.7 Å². The Bertz CT molecular complexity index is 425. The molecule has 1 aromatic carbocycles. The number of hydrogen-bond donors (Lipinski definition) is 1. The molecular weight excluding hydrogens is 216 g/mol. The SMILES string of the molecule is CN(C)C(=O)c1ccc(N)cc1OC1CCC1. The van der Waals surface area contributed by atoms with E-state index >= 15 is 0 Å². The minimum Gasteiger partial charge on any atom is -0.490 e. The number of amides is 1. The first-order valence-electron chi connectivity index (χ1n) is 5.86. The third-order valence-corrected chi connectivity index (χ3v) is 2.99. The molecule has 0 bridgehead atoms. The molecule has 2 N–H and O–H groups in total. The predicted molar refractivity (Wildman–Crippen MR) is 67.1 cm³/mol. The van der Waals surface area contributed by atoms with Gasteiger partial charge in [-0.1, -0.05) is 0 Å². The Morgan fingerprint density at radius 3 is 2.65 bits per heavy atom. The monoisotopic (exact) mass is 234 g/mol. The lowest BCUT2D eigenvalue weighted by atomic mass is 9.96. The van der Waals surface area contributed by atoms with Crippen LogP contribution in [-0.4, -0.2) is 31.0 Å². The zero-order chi connectivity index (χ0) is 12.4. The maximum atomic E-state index is 12.0. The van der Waals surface area contributed by atoms with Crippen molar-refractivity contribution in [3.05, 3.63) is 23.8 Å². The van der Waals surface area contributed by atoms with Crippen LogP contribution in [0.5, 0.6) is 5.75 Å². The molecular formula is C13H18N2O2. The second-order valence-corrected chi connectivity index (χ2v) is 4.63. The van der Waals surface area contributed by atoms with Gasteiger partial charge in [0.2, 0.25) is 0 Å². The Hall–Kier alpha value is -1.71. The van der Waals surface area contributed by atoms with Gasteiger partial charge in [-0.05, 0) is 31.4 Å². The number of rotatable bonds is 3. The molecule has 1 saturated carbocycles. The van der Waals surface area contributed by atoms with Crippen LogP contribution in [0.1, 0.15) is 29.6 Å². The van der Waals surface area contributed by atoms with Crippen molar-refractivity contribution in [3.63, 3.8) is 0 Å². The molecule has 17 heavy (non-hydrogen) atoms. The molecule has 1 aromatic rings. The summed E-state index contributed by atoms with van der Waals surface area (Å²) in [7, 11) is 3.46. The average Bonchev–Trinajstić information content (AvgIpc) is 2.22. The standard InChI is InChI=1S/C13H18N2O2/c1-15(2)13(16)11-7-6-9(14)8-12(11)17-10-4-3-5-10/h6-8,10H,3-5,14H2,1-2H3. The molecule has 0 aromatic heterocycles. The highest BCUT2D eigenvalue weighted by Gasteiger charge is 2.22. The van der Waals surface area contributed by atoms with Crippen LogP contribution in [0.4, 0.5) is 5.69 Å². The quantitative estimate of drug-likeness (QED) is 0.813. The maximum Gasteiger partial charge on any atom is 0.257 e. The zero-order valence-electron chi connectivity index (χ0n) is 10.3. The van der Waals surface area contributed by atoms with Crippen molar-refractivity contribution in [1.29, 1.82) is 0 Å². The van der Waals surface area contributed by atoms with Gasteiger partial charge in [0.1, 0.15) is 5.75 Å². The molecule has 0 radical (unpaired) electrons. The molecule has 0 unspecified atom stereocenters. The summed E-state index contributed by atoms with van der Waals surface area (Å²) in [5, 5.41) is 0. The minimum absolute atomic E-state index is 0.0562. The van der Waals surface area contributed by atoms with Crippen LogP contribution in [-0.2, 0) is 0 Å². The highest BCUT2D eigenvalue weighted by Crippen LogP contribution is 2.29. The molecule has 1 amide bonds. The number of benzene rings is 1. The van der Waals surface area contributed by atoms with Crippen LogP contribution >= 0.6 is 0 Å². The Morgan fingerprint density at radius 2 is 2.12 bits per heavy atom. The van der Waals surface area contributed by atoms with Crippen LogP contribution in [0.15, 0.2) is 18.2 Å². The summed E-state index contributed by atoms with van der Waals surface area (Å²) in [5.74, 6) is 0.549. The van der Waals surface area contributed by atoms with Crippen LogP contribution in [0.2, 0.25) is 0 Å². The number of anilines is 1. The van der Waals surface area contributed by atoms with E-state index in [0.29, 0.717) is 17.0 Å². The van der Waals surface area contributed by atoms with E-state index in [2.05, 4.69) is 0 Å². The van der Waals surface area contributed by atoms with Crippen LogP contribution < -0.4 is 10.5 Å². The van der Waals surface area contributed by atoms with Crippen molar-refractivity contribution in [2.75, 3.05) is 19.8 Å². The molecule has 1 fully saturated rings. The maximum absolute atomic E-state index is 12.0. The first-order valence-corrected chi connectivity index (χ1v) is 5.86. The third-order valence-electron chi connectivity index (χ3n) is 2.99. The molecule has 0 spiro atoms. The first kappa shape index (κ1) is 11.8. The van der Waals surface area contributed by atoms with Gasteiger partial charge in [-0.25, -0.2) is 0 Å². The number of carbonyl (C=O) groups is 1. The summed E-state index contributed by atoms with van der Waals surface area (Å²) >= 11 is 0. The number of carbonyl (C=O) groups excluding carboxylic acids is 1. The molecule has 92 valence electrons. The summed E-state index contributed by atoms with van der Waals surface area (Å²) in [6.07, 6.45) is 3.56.